The monoisotopic (exact) mass is 843 g/mol. The van der Waals surface area contributed by atoms with Gasteiger partial charge in [0, 0.05) is 38.7 Å². The van der Waals surface area contributed by atoms with Crippen molar-refractivity contribution in [3.05, 3.63) is 235 Å². The summed E-state index contributed by atoms with van der Waals surface area (Å²) in [5, 5.41) is 9.69. The zero-order chi connectivity index (χ0) is 44.1. The van der Waals surface area contributed by atoms with Gasteiger partial charge in [-0.2, -0.15) is 0 Å². The lowest BCUT2D eigenvalue weighted by atomic mass is 9.79. The minimum atomic E-state index is -0.116. The van der Waals surface area contributed by atoms with E-state index in [0.29, 0.717) is 0 Å². The summed E-state index contributed by atoms with van der Waals surface area (Å²) < 4.78 is 6.85. The molecule has 0 unspecified atom stereocenters. The van der Waals surface area contributed by atoms with E-state index < -0.39 is 0 Å². The fourth-order valence-electron chi connectivity index (χ4n) is 11.2. The second kappa shape index (κ2) is 14.7. The van der Waals surface area contributed by atoms with E-state index in [2.05, 4.69) is 244 Å². The average molecular weight is 844 g/mol. The summed E-state index contributed by atoms with van der Waals surface area (Å²) in [6.45, 7) is 6.97. The molecule has 0 amide bonds. The van der Waals surface area contributed by atoms with Crippen molar-refractivity contribution in [3.63, 3.8) is 0 Å². The molecule has 2 nitrogen and oxygen atoms in total. The van der Waals surface area contributed by atoms with Crippen LogP contribution in [-0.2, 0) is 5.41 Å². The molecule has 0 atom stereocenters. The van der Waals surface area contributed by atoms with Gasteiger partial charge in [0.25, 0.3) is 0 Å². The summed E-state index contributed by atoms with van der Waals surface area (Å²) in [4.78, 5) is 2.42. The van der Waals surface area contributed by atoms with Gasteiger partial charge >= 0.3 is 0 Å². The van der Waals surface area contributed by atoms with Crippen LogP contribution in [0, 0.1) is 6.92 Å². The summed E-state index contributed by atoms with van der Waals surface area (Å²) in [6.07, 6.45) is 0. The normalized spacial score (nSPS) is 12.9. The van der Waals surface area contributed by atoms with Crippen LogP contribution < -0.4 is 4.90 Å². The second-order valence-corrected chi connectivity index (χ2v) is 18.5. The lowest BCUT2D eigenvalue weighted by Crippen LogP contribution is -2.16. The number of hydrogen-bond donors (Lipinski definition) is 0. The lowest BCUT2D eigenvalue weighted by molar-refractivity contribution is 0.662. The quantitative estimate of drug-likeness (QED) is 0.155. The number of fused-ring (bicyclic) bond motifs is 10. The van der Waals surface area contributed by atoms with Crippen molar-refractivity contribution >= 4 is 71.3 Å². The third kappa shape index (κ3) is 5.88. The topological polar surface area (TPSA) is 16.4 Å². The van der Waals surface area contributed by atoms with Gasteiger partial charge in [0.05, 0.1) is 5.69 Å². The number of furan rings is 1. The van der Waals surface area contributed by atoms with Gasteiger partial charge in [-0.25, -0.2) is 0 Å². The molecule has 0 radical (unpaired) electrons. The third-order valence-corrected chi connectivity index (χ3v) is 14.3. The Bertz CT molecular complexity index is 3920. The van der Waals surface area contributed by atoms with Crippen LogP contribution in [0.25, 0.3) is 98.8 Å². The van der Waals surface area contributed by atoms with Crippen LogP contribution in [0.3, 0.4) is 0 Å². The van der Waals surface area contributed by atoms with Crippen LogP contribution in [0.1, 0.15) is 30.5 Å². The van der Waals surface area contributed by atoms with Crippen LogP contribution >= 0.6 is 0 Å². The van der Waals surface area contributed by atoms with Crippen molar-refractivity contribution in [2.75, 3.05) is 4.90 Å². The SMILES string of the molecule is Cc1cc(N(c2ccc(-c3cccc4c3C(C)(C)c3ccccc3-4)cc2)c2ccccc2-c2cccc3c2oc2cc4ccccc4cc23)ccc1-c1ccc2c(ccc3ccccc32)c1. The molecule has 0 N–H and O–H groups in total. The molecule has 1 heterocycles. The third-order valence-electron chi connectivity index (χ3n) is 14.3. The van der Waals surface area contributed by atoms with E-state index in [9.17, 15) is 0 Å². The van der Waals surface area contributed by atoms with Gasteiger partial charge in [-0.3, -0.25) is 0 Å². The molecule has 0 fully saturated rings. The Morgan fingerprint density at radius 3 is 1.85 bits per heavy atom. The largest absolute Gasteiger partial charge is 0.455 e. The first-order chi connectivity index (χ1) is 32.4. The summed E-state index contributed by atoms with van der Waals surface area (Å²) in [5.41, 5.74) is 18.6. The number of rotatable bonds is 6. The van der Waals surface area contributed by atoms with Crippen LogP contribution in [0.4, 0.5) is 17.1 Å². The Labute approximate surface area is 384 Å². The smallest absolute Gasteiger partial charge is 0.143 e. The highest BCUT2D eigenvalue weighted by Gasteiger charge is 2.37. The van der Waals surface area contributed by atoms with E-state index in [-0.39, 0.29) is 5.41 Å². The molecule has 0 saturated heterocycles. The Hall–Kier alpha value is -8.20. The number of aryl methyl sites for hydroxylation is 1. The fourth-order valence-corrected chi connectivity index (χ4v) is 11.2. The van der Waals surface area contributed by atoms with Crippen LogP contribution in [-0.4, -0.2) is 0 Å². The summed E-state index contributed by atoms with van der Waals surface area (Å²) >= 11 is 0. The first-order valence-electron chi connectivity index (χ1n) is 23.0. The lowest BCUT2D eigenvalue weighted by Gasteiger charge is -2.29. The van der Waals surface area contributed by atoms with E-state index in [4.69, 9.17) is 4.42 Å². The maximum absolute atomic E-state index is 6.85. The van der Waals surface area contributed by atoms with Gasteiger partial charge in [0.15, 0.2) is 0 Å². The molecule has 312 valence electrons. The number of hydrogen-bond acceptors (Lipinski definition) is 2. The molecule has 0 bridgehead atoms. The van der Waals surface area contributed by atoms with Crippen molar-refractivity contribution in [1.29, 1.82) is 0 Å². The maximum atomic E-state index is 6.85. The zero-order valence-electron chi connectivity index (χ0n) is 37.1. The minimum absolute atomic E-state index is 0.116. The molecule has 13 rings (SSSR count). The molecule has 1 aromatic heterocycles. The summed E-state index contributed by atoms with van der Waals surface area (Å²) in [6, 6.07) is 80.2. The van der Waals surface area contributed by atoms with Gasteiger partial charge in [-0.05, 0) is 138 Å². The summed E-state index contributed by atoms with van der Waals surface area (Å²) in [5.74, 6) is 0. The molecule has 1 aliphatic carbocycles. The van der Waals surface area contributed by atoms with Crippen molar-refractivity contribution < 1.29 is 4.42 Å². The molecule has 2 heteroatoms. The number of anilines is 3. The zero-order valence-corrected chi connectivity index (χ0v) is 37.1. The van der Waals surface area contributed by atoms with Crippen LogP contribution in [0.2, 0.25) is 0 Å². The molecule has 0 aliphatic heterocycles. The molecule has 0 saturated carbocycles. The molecule has 12 aromatic rings. The van der Waals surface area contributed by atoms with E-state index in [1.165, 1.54) is 82.4 Å². The van der Waals surface area contributed by atoms with Crippen LogP contribution in [0.5, 0.6) is 0 Å². The van der Waals surface area contributed by atoms with Crippen LogP contribution in [0.15, 0.2) is 223 Å². The Morgan fingerprint density at radius 1 is 0.379 bits per heavy atom. The van der Waals surface area contributed by atoms with E-state index in [1.807, 2.05) is 0 Å². The van der Waals surface area contributed by atoms with Gasteiger partial charge in [-0.15, -0.1) is 0 Å². The van der Waals surface area contributed by atoms with Gasteiger partial charge in [-0.1, -0.05) is 184 Å². The molecule has 0 spiro atoms. The highest BCUT2D eigenvalue weighted by molar-refractivity contribution is 6.14. The highest BCUT2D eigenvalue weighted by atomic mass is 16.3. The molecule has 11 aromatic carbocycles. The predicted octanol–water partition coefficient (Wildman–Crippen LogP) is 18.1. The maximum Gasteiger partial charge on any atom is 0.143 e. The van der Waals surface area contributed by atoms with E-state index >= 15 is 0 Å². The van der Waals surface area contributed by atoms with Gasteiger partial charge in [0.2, 0.25) is 0 Å². The fraction of sp³-hybridized carbons (Fsp3) is 0.0625. The number of para-hydroxylation sites is 2. The van der Waals surface area contributed by atoms with Gasteiger partial charge < -0.3 is 9.32 Å². The Morgan fingerprint density at radius 2 is 1.00 bits per heavy atom. The number of benzene rings is 11. The predicted molar refractivity (Wildman–Crippen MR) is 280 cm³/mol. The average Bonchev–Trinajstić information content (AvgIpc) is 3.84. The number of nitrogens with zero attached hydrogens (tertiary/aromatic N) is 1. The minimum Gasteiger partial charge on any atom is -0.455 e. The summed E-state index contributed by atoms with van der Waals surface area (Å²) in [7, 11) is 0. The van der Waals surface area contributed by atoms with Crippen molar-refractivity contribution in [3.8, 4) is 44.5 Å². The Kier molecular flexibility index (Phi) is 8.51. The van der Waals surface area contributed by atoms with E-state index in [0.717, 1.165) is 50.1 Å². The molecule has 66 heavy (non-hydrogen) atoms. The van der Waals surface area contributed by atoms with Gasteiger partial charge in [0.1, 0.15) is 11.2 Å². The standard InChI is InChI=1S/C64H45NO/c1-40-36-48(33-35-49(40)45-30-34-51-46(37-45)27-26-41-14-6-7-17-50(41)51)65(47-31-28-42(29-32-47)52-20-12-21-55-53-18-8-10-24-59(53)64(2,3)62(52)55)60-25-11-9-19-54(60)56-22-13-23-57-58-38-43-15-4-5-16-44(43)39-61(58)66-63(56)57/h4-39H,1-3H3. The second-order valence-electron chi connectivity index (χ2n) is 18.5. The molecule has 1 aliphatic rings. The van der Waals surface area contributed by atoms with Crippen molar-refractivity contribution in [1.82, 2.24) is 0 Å². The highest BCUT2D eigenvalue weighted by Crippen LogP contribution is 2.53. The molecular formula is C64H45NO. The van der Waals surface area contributed by atoms with Crippen molar-refractivity contribution in [2.24, 2.45) is 0 Å². The Balaban J connectivity index is 0.967. The first-order valence-corrected chi connectivity index (χ1v) is 23.0. The van der Waals surface area contributed by atoms with E-state index in [1.54, 1.807) is 0 Å². The first kappa shape index (κ1) is 38.3. The molecular weight excluding hydrogens is 799 g/mol. The van der Waals surface area contributed by atoms with Crippen molar-refractivity contribution in [2.45, 2.75) is 26.2 Å².